The van der Waals surface area contributed by atoms with Crippen LogP contribution in [0, 0.1) is 0 Å². The van der Waals surface area contributed by atoms with Gasteiger partial charge in [0.05, 0.1) is 11.3 Å². The van der Waals surface area contributed by atoms with E-state index in [-0.39, 0.29) is 5.56 Å². The van der Waals surface area contributed by atoms with Crippen molar-refractivity contribution in [1.29, 1.82) is 0 Å². The van der Waals surface area contributed by atoms with Crippen LogP contribution in [0.25, 0.3) is 5.69 Å². The molecule has 0 bridgehead atoms. The average Bonchev–Trinajstić information content (AvgIpc) is 2.97. The van der Waals surface area contributed by atoms with Crippen molar-refractivity contribution >= 4 is 5.97 Å². The van der Waals surface area contributed by atoms with Gasteiger partial charge >= 0.3 is 5.97 Å². The number of hydrogen-bond donors (Lipinski definition) is 1. The Labute approximate surface area is 116 Å². The fourth-order valence-electron chi connectivity index (χ4n) is 2.74. The molecule has 0 aliphatic heterocycles. The van der Waals surface area contributed by atoms with Gasteiger partial charge in [0.1, 0.15) is 0 Å². The zero-order chi connectivity index (χ0) is 13.9. The minimum Gasteiger partial charge on any atom is -0.478 e. The number of tetrazole rings is 1. The molecule has 0 radical (unpaired) electrons. The molecule has 1 fully saturated rings. The predicted molar refractivity (Wildman–Crippen MR) is 71.9 cm³/mol. The average molecular weight is 272 g/mol. The van der Waals surface area contributed by atoms with Crippen molar-refractivity contribution in [1.82, 2.24) is 20.2 Å². The summed E-state index contributed by atoms with van der Waals surface area (Å²) in [6.07, 6.45) is 5.96. The lowest BCUT2D eigenvalue weighted by molar-refractivity contribution is 0.0697. The molecule has 0 unspecified atom stereocenters. The Hall–Kier alpha value is -2.24. The summed E-state index contributed by atoms with van der Waals surface area (Å²) < 4.78 is 1.72. The molecule has 1 aromatic heterocycles. The Morgan fingerprint density at radius 2 is 1.85 bits per heavy atom. The normalized spacial score (nSPS) is 16.2. The third kappa shape index (κ3) is 2.41. The summed E-state index contributed by atoms with van der Waals surface area (Å²) in [4.78, 5) is 10.9. The van der Waals surface area contributed by atoms with Gasteiger partial charge in [0.2, 0.25) is 0 Å². The summed E-state index contributed by atoms with van der Waals surface area (Å²) >= 11 is 0. The smallest absolute Gasteiger partial charge is 0.335 e. The molecule has 3 rings (SSSR count). The van der Waals surface area contributed by atoms with Gasteiger partial charge in [-0.25, -0.2) is 4.79 Å². The van der Waals surface area contributed by atoms with Crippen LogP contribution >= 0.6 is 0 Å². The van der Waals surface area contributed by atoms with Crippen LogP contribution in [-0.4, -0.2) is 31.3 Å². The van der Waals surface area contributed by atoms with E-state index in [1.807, 2.05) is 0 Å². The SMILES string of the molecule is O=C(O)c1ccc(-n2nnnc2C2CCCCC2)cc1. The first-order chi connectivity index (χ1) is 9.75. The molecule has 1 N–H and O–H groups in total. The zero-order valence-electron chi connectivity index (χ0n) is 11.1. The highest BCUT2D eigenvalue weighted by Gasteiger charge is 2.22. The van der Waals surface area contributed by atoms with Crippen LogP contribution in [0.1, 0.15) is 54.2 Å². The second kappa shape index (κ2) is 5.40. The second-order valence-corrected chi connectivity index (χ2v) is 5.14. The maximum atomic E-state index is 10.9. The van der Waals surface area contributed by atoms with Gasteiger partial charge < -0.3 is 5.11 Å². The van der Waals surface area contributed by atoms with E-state index in [9.17, 15) is 4.79 Å². The van der Waals surface area contributed by atoms with Gasteiger partial charge in [0.25, 0.3) is 0 Å². The Morgan fingerprint density at radius 3 is 2.50 bits per heavy atom. The lowest BCUT2D eigenvalue weighted by atomic mass is 9.88. The summed E-state index contributed by atoms with van der Waals surface area (Å²) in [7, 11) is 0. The van der Waals surface area contributed by atoms with Crippen molar-refractivity contribution in [3.05, 3.63) is 35.7 Å². The van der Waals surface area contributed by atoms with Gasteiger partial charge in [-0.3, -0.25) is 0 Å². The number of hydrogen-bond acceptors (Lipinski definition) is 4. The van der Waals surface area contributed by atoms with Gasteiger partial charge in [-0.15, -0.1) is 5.10 Å². The molecule has 6 heteroatoms. The molecule has 1 aliphatic rings. The number of nitrogens with zero attached hydrogens (tertiary/aromatic N) is 4. The van der Waals surface area contributed by atoms with Gasteiger partial charge in [-0.1, -0.05) is 19.3 Å². The highest BCUT2D eigenvalue weighted by Crippen LogP contribution is 2.31. The molecule has 1 saturated carbocycles. The molecule has 6 nitrogen and oxygen atoms in total. The van der Waals surface area contributed by atoms with Gasteiger partial charge in [0, 0.05) is 5.92 Å². The summed E-state index contributed by atoms with van der Waals surface area (Å²) in [5.41, 5.74) is 1.07. The van der Waals surface area contributed by atoms with E-state index in [0.29, 0.717) is 5.92 Å². The lowest BCUT2D eigenvalue weighted by Crippen LogP contribution is -2.12. The molecule has 1 heterocycles. The highest BCUT2D eigenvalue weighted by atomic mass is 16.4. The highest BCUT2D eigenvalue weighted by molar-refractivity contribution is 5.87. The second-order valence-electron chi connectivity index (χ2n) is 5.14. The van der Waals surface area contributed by atoms with Crippen LogP contribution < -0.4 is 0 Å². The van der Waals surface area contributed by atoms with Crippen molar-refractivity contribution < 1.29 is 9.90 Å². The molecule has 0 amide bonds. The third-order valence-corrected chi connectivity index (χ3v) is 3.82. The van der Waals surface area contributed by atoms with Crippen molar-refractivity contribution in [2.45, 2.75) is 38.0 Å². The largest absolute Gasteiger partial charge is 0.478 e. The van der Waals surface area contributed by atoms with Crippen molar-refractivity contribution in [2.24, 2.45) is 0 Å². The van der Waals surface area contributed by atoms with Crippen LogP contribution in [0.15, 0.2) is 24.3 Å². The summed E-state index contributed by atoms with van der Waals surface area (Å²) in [5.74, 6) is 0.353. The van der Waals surface area contributed by atoms with E-state index in [1.54, 1.807) is 28.9 Å². The van der Waals surface area contributed by atoms with Crippen LogP contribution in [0.5, 0.6) is 0 Å². The van der Waals surface area contributed by atoms with Gasteiger partial charge in [0.15, 0.2) is 5.82 Å². The van der Waals surface area contributed by atoms with Crippen molar-refractivity contribution in [3.63, 3.8) is 0 Å². The Bertz CT molecular complexity index is 600. The molecule has 104 valence electrons. The van der Waals surface area contributed by atoms with Crippen LogP contribution in [-0.2, 0) is 0 Å². The van der Waals surface area contributed by atoms with Crippen LogP contribution in [0.4, 0.5) is 0 Å². The number of carboxylic acids is 1. The number of rotatable bonds is 3. The zero-order valence-corrected chi connectivity index (χ0v) is 11.1. The number of benzene rings is 1. The molecule has 2 aromatic rings. The number of aromatic carboxylic acids is 1. The molecular weight excluding hydrogens is 256 g/mol. The maximum Gasteiger partial charge on any atom is 0.335 e. The molecule has 1 aromatic carbocycles. The van der Waals surface area contributed by atoms with E-state index in [1.165, 1.54) is 19.3 Å². The Kier molecular flexibility index (Phi) is 3.45. The third-order valence-electron chi connectivity index (χ3n) is 3.82. The van der Waals surface area contributed by atoms with Crippen molar-refractivity contribution in [3.8, 4) is 5.69 Å². The molecular formula is C14H16N4O2. The van der Waals surface area contributed by atoms with Crippen molar-refractivity contribution in [2.75, 3.05) is 0 Å². The van der Waals surface area contributed by atoms with Gasteiger partial charge in [-0.2, -0.15) is 4.68 Å². The molecule has 0 spiro atoms. The summed E-state index contributed by atoms with van der Waals surface area (Å²) in [6.45, 7) is 0. The summed E-state index contributed by atoms with van der Waals surface area (Å²) in [5, 5.41) is 20.9. The van der Waals surface area contributed by atoms with Crippen LogP contribution in [0.3, 0.4) is 0 Å². The molecule has 0 atom stereocenters. The fraction of sp³-hybridized carbons (Fsp3) is 0.429. The Morgan fingerprint density at radius 1 is 1.15 bits per heavy atom. The minimum atomic E-state index is -0.930. The quantitative estimate of drug-likeness (QED) is 0.927. The first kappa shape index (κ1) is 12.8. The number of carbonyl (C=O) groups is 1. The predicted octanol–water partition coefficient (Wildman–Crippen LogP) is 2.41. The Balaban J connectivity index is 1.90. The maximum absolute atomic E-state index is 10.9. The standard InChI is InChI=1S/C14H16N4O2/c19-14(20)11-6-8-12(9-7-11)18-13(15-16-17-18)10-4-2-1-3-5-10/h6-10H,1-5H2,(H,19,20). The fourth-order valence-corrected chi connectivity index (χ4v) is 2.74. The molecule has 0 saturated heterocycles. The van der Waals surface area contributed by atoms with E-state index in [0.717, 1.165) is 24.4 Å². The van der Waals surface area contributed by atoms with E-state index < -0.39 is 5.97 Å². The van der Waals surface area contributed by atoms with E-state index in [2.05, 4.69) is 15.5 Å². The van der Waals surface area contributed by atoms with E-state index in [4.69, 9.17) is 5.11 Å². The monoisotopic (exact) mass is 272 g/mol. The molecule has 20 heavy (non-hydrogen) atoms. The summed E-state index contributed by atoms with van der Waals surface area (Å²) in [6, 6.07) is 6.63. The first-order valence-corrected chi connectivity index (χ1v) is 6.88. The topological polar surface area (TPSA) is 80.9 Å². The number of aromatic nitrogens is 4. The first-order valence-electron chi connectivity index (χ1n) is 6.88. The lowest BCUT2D eigenvalue weighted by Gasteiger charge is -2.20. The molecule has 1 aliphatic carbocycles. The minimum absolute atomic E-state index is 0.265. The van der Waals surface area contributed by atoms with Gasteiger partial charge in [-0.05, 0) is 47.5 Å². The van der Waals surface area contributed by atoms with Crippen LogP contribution in [0.2, 0.25) is 0 Å². The van der Waals surface area contributed by atoms with E-state index >= 15 is 0 Å². The number of carboxylic acid groups (broad SMARTS) is 1.